The summed E-state index contributed by atoms with van der Waals surface area (Å²) in [6, 6.07) is 10.9. The third-order valence-electron chi connectivity index (χ3n) is 5.65. The number of nitrogens with zero attached hydrogens (tertiary/aromatic N) is 2. The molecule has 7 nitrogen and oxygen atoms in total. The number of carboxylic acids is 2. The number of likely N-dealkylation sites (tertiary alicyclic amines) is 1. The Morgan fingerprint density at radius 3 is 2.39 bits per heavy atom. The van der Waals surface area contributed by atoms with Gasteiger partial charge >= 0.3 is 11.9 Å². The van der Waals surface area contributed by atoms with Crippen LogP contribution in [0, 0.1) is 19.8 Å². The number of ether oxygens (including phenoxy) is 1. The van der Waals surface area contributed by atoms with Crippen molar-refractivity contribution in [1.82, 2.24) is 9.88 Å². The molecule has 0 spiro atoms. The molecule has 0 aliphatic carbocycles. The second-order valence-corrected chi connectivity index (χ2v) is 7.97. The Kier molecular flexibility index (Phi) is 9.46. The quantitative estimate of drug-likeness (QED) is 0.677. The fourth-order valence-corrected chi connectivity index (χ4v) is 3.83. The monoisotopic (exact) mass is 428 g/mol. The number of hydrogen-bond acceptors (Lipinski definition) is 5. The average Bonchev–Trinajstić information content (AvgIpc) is 2.76. The maximum Gasteiger partial charge on any atom is 0.414 e. The Hall–Kier alpha value is -2.93. The van der Waals surface area contributed by atoms with Crippen LogP contribution in [0.2, 0.25) is 0 Å². The predicted molar refractivity (Wildman–Crippen MR) is 118 cm³/mol. The molecule has 1 aliphatic rings. The second kappa shape index (κ2) is 12.1. The highest BCUT2D eigenvalue weighted by Crippen LogP contribution is 2.26. The van der Waals surface area contributed by atoms with Crippen molar-refractivity contribution in [2.24, 2.45) is 5.92 Å². The fraction of sp³-hybridized carbons (Fsp3) is 0.458. The van der Waals surface area contributed by atoms with Crippen molar-refractivity contribution in [1.29, 1.82) is 0 Å². The summed E-state index contributed by atoms with van der Waals surface area (Å²) in [6.45, 7) is 7.72. The predicted octanol–water partition coefficient (Wildman–Crippen LogP) is 3.71. The molecule has 3 rings (SSSR count). The first kappa shape index (κ1) is 24.3. The summed E-state index contributed by atoms with van der Waals surface area (Å²) < 4.78 is 5.38. The second-order valence-electron chi connectivity index (χ2n) is 7.97. The standard InChI is InChI=1S/C22H30N2O.C2H2O4/c1-17-6-7-18(2)20(15-17)9-8-19-10-13-24(14-11-19)16-21-5-4-12-23-22(21)25-3;3-1(4)2(5)6/h4-7,12,15,19H,8-11,13-14,16H2,1-3H3;(H,3,4)(H,5,6). The first-order chi connectivity index (χ1) is 14.8. The van der Waals surface area contributed by atoms with Gasteiger partial charge in [0.25, 0.3) is 0 Å². The van der Waals surface area contributed by atoms with E-state index in [1.807, 2.05) is 6.07 Å². The summed E-state index contributed by atoms with van der Waals surface area (Å²) in [7, 11) is 1.70. The van der Waals surface area contributed by atoms with Gasteiger partial charge in [-0.05, 0) is 75.7 Å². The van der Waals surface area contributed by atoms with Crippen molar-refractivity contribution in [3.05, 3.63) is 58.8 Å². The first-order valence-corrected chi connectivity index (χ1v) is 10.5. The lowest BCUT2D eigenvalue weighted by atomic mass is 9.89. The number of piperidine rings is 1. The van der Waals surface area contributed by atoms with E-state index in [1.165, 1.54) is 61.0 Å². The molecule has 2 aromatic rings. The molecule has 0 amide bonds. The first-order valence-electron chi connectivity index (χ1n) is 10.5. The Balaban J connectivity index is 0.000000501. The molecule has 168 valence electrons. The van der Waals surface area contributed by atoms with Crippen LogP contribution in [-0.4, -0.2) is 52.2 Å². The zero-order valence-corrected chi connectivity index (χ0v) is 18.5. The van der Waals surface area contributed by atoms with Gasteiger partial charge in [-0.25, -0.2) is 14.6 Å². The molecule has 2 N–H and O–H groups in total. The van der Waals surface area contributed by atoms with E-state index in [1.54, 1.807) is 13.3 Å². The van der Waals surface area contributed by atoms with Gasteiger partial charge in [-0.2, -0.15) is 0 Å². The highest BCUT2D eigenvalue weighted by atomic mass is 16.5. The number of pyridine rings is 1. The van der Waals surface area contributed by atoms with Crippen molar-refractivity contribution in [3.63, 3.8) is 0 Å². The van der Waals surface area contributed by atoms with Crippen molar-refractivity contribution >= 4 is 11.9 Å². The summed E-state index contributed by atoms with van der Waals surface area (Å²) in [5.41, 5.74) is 5.54. The van der Waals surface area contributed by atoms with E-state index in [9.17, 15) is 0 Å². The van der Waals surface area contributed by atoms with Crippen LogP contribution >= 0.6 is 0 Å². The zero-order valence-electron chi connectivity index (χ0n) is 18.5. The molecule has 31 heavy (non-hydrogen) atoms. The van der Waals surface area contributed by atoms with E-state index in [0.717, 1.165) is 18.3 Å². The molecular weight excluding hydrogens is 396 g/mol. The lowest BCUT2D eigenvalue weighted by molar-refractivity contribution is -0.159. The normalized spacial score (nSPS) is 14.4. The van der Waals surface area contributed by atoms with Gasteiger partial charge in [0.1, 0.15) is 0 Å². The van der Waals surface area contributed by atoms with Gasteiger partial charge in [0.2, 0.25) is 5.88 Å². The third kappa shape index (κ3) is 8.02. The molecule has 1 fully saturated rings. The molecule has 1 aromatic heterocycles. The summed E-state index contributed by atoms with van der Waals surface area (Å²) >= 11 is 0. The minimum Gasteiger partial charge on any atom is -0.481 e. The molecule has 2 heterocycles. The molecule has 7 heteroatoms. The van der Waals surface area contributed by atoms with Crippen LogP contribution in [0.4, 0.5) is 0 Å². The number of aromatic nitrogens is 1. The van der Waals surface area contributed by atoms with Gasteiger partial charge in [-0.3, -0.25) is 4.90 Å². The maximum atomic E-state index is 9.10. The van der Waals surface area contributed by atoms with E-state index in [0.29, 0.717) is 0 Å². The SMILES string of the molecule is COc1ncccc1CN1CCC(CCc2cc(C)ccc2C)CC1.O=C(O)C(=O)O. The van der Waals surface area contributed by atoms with Crippen molar-refractivity contribution in [2.45, 2.75) is 46.1 Å². The van der Waals surface area contributed by atoms with E-state index in [-0.39, 0.29) is 0 Å². The van der Waals surface area contributed by atoms with Crippen molar-refractivity contribution in [2.75, 3.05) is 20.2 Å². The topological polar surface area (TPSA) is 100.0 Å². The van der Waals surface area contributed by atoms with Crippen LogP contribution in [0.15, 0.2) is 36.5 Å². The van der Waals surface area contributed by atoms with Crippen molar-refractivity contribution < 1.29 is 24.5 Å². The number of carboxylic acid groups (broad SMARTS) is 2. The van der Waals surface area contributed by atoms with Crippen LogP contribution in [0.25, 0.3) is 0 Å². The molecule has 1 aliphatic heterocycles. The summed E-state index contributed by atoms with van der Waals surface area (Å²) in [6.07, 6.45) is 6.92. The van der Waals surface area contributed by atoms with Crippen molar-refractivity contribution in [3.8, 4) is 5.88 Å². The number of rotatable bonds is 6. The third-order valence-corrected chi connectivity index (χ3v) is 5.65. The highest BCUT2D eigenvalue weighted by Gasteiger charge is 2.20. The van der Waals surface area contributed by atoms with Gasteiger partial charge in [0.15, 0.2) is 0 Å². The van der Waals surface area contributed by atoms with Gasteiger partial charge in [-0.1, -0.05) is 29.8 Å². The number of benzene rings is 1. The Morgan fingerprint density at radius 1 is 1.10 bits per heavy atom. The largest absolute Gasteiger partial charge is 0.481 e. The number of aryl methyl sites for hydroxylation is 3. The van der Waals surface area contributed by atoms with E-state index in [4.69, 9.17) is 24.5 Å². The lowest BCUT2D eigenvalue weighted by Crippen LogP contribution is -2.33. The highest BCUT2D eigenvalue weighted by molar-refractivity contribution is 6.27. The summed E-state index contributed by atoms with van der Waals surface area (Å²) in [5, 5.41) is 14.8. The lowest BCUT2D eigenvalue weighted by Gasteiger charge is -2.32. The van der Waals surface area contributed by atoms with Gasteiger partial charge in [0.05, 0.1) is 7.11 Å². The van der Waals surface area contributed by atoms with Crippen LogP contribution in [-0.2, 0) is 22.6 Å². The minimum absolute atomic E-state index is 0.763. The summed E-state index contributed by atoms with van der Waals surface area (Å²) in [4.78, 5) is 25.0. The van der Waals surface area contributed by atoms with E-state index >= 15 is 0 Å². The molecular formula is C24H32N2O5. The number of carbonyl (C=O) groups is 2. The molecule has 0 atom stereocenters. The molecule has 0 saturated carbocycles. The minimum atomic E-state index is -1.82. The van der Waals surface area contributed by atoms with Crippen LogP contribution < -0.4 is 4.74 Å². The molecule has 1 saturated heterocycles. The fourth-order valence-electron chi connectivity index (χ4n) is 3.83. The Bertz CT molecular complexity index is 864. The zero-order chi connectivity index (χ0) is 22.8. The van der Waals surface area contributed by atoms with Crippen LogP contribution in [0.5, 0.6) is 5.88 Å². The van der Waals surface area contributed by atoms with Gasteiger partial charge in [-0.15, -0.1) is 0 Å². The molecule has 0 radical (unpaired) electrons. The molecule has 1 aromatic carbocycles. The smallest absolute Gasteiger partial charge is 0.414 e. The summed E-state index contributed by atoms with van der Waals surface area (Å²) in [5.74, 6) is -2.03. The molecule has 0 bridgehead atoms. The van der Waals surface area contributed by atoms with Gasteiger partial charge in [0, 0.05) is 18.3 Å². The van der Waals surface area contributed by atoms with Crippen LogP contribution in [0.1, 0.15) is 41.5 Å². The Morgan fingerprint density at radius 2 is 1.77 bits per heavy atom. The number of hydrogen-bond donors (Lipinski definition) is 2. The number of aliphatic carboxylic acids is 2. The van der Waals surface area contributed by atoms with E-state index in [2.05, 4.69) is 48.0 Å². The number of methoxy groups -OCH3 is 1. The van der Waals surface area contributed by atoms with Crippen LogP contribution in [0.3, 0.4) is 0 Å². The average molecular weight is 429 g/mol. The van der Waals surface area contributed by atoms with Gasteiger partial charge < -0.3 is 14.9 Å². The maximum absolute atomic E-state index is 9.10. The molecule has 0 unspecified atom stereocenters. The van der Waals surface area contributed by atoms with E-state index < -0.39 is 11.9 Å². The Labute approximate surface area is 183 Å².